The molecule has 1 heterocycles. The number of carbonyl (C=O) groups excluding carboxylic acids is 2. The average molecular weight is 126 g/mol. The number of aliphatic imine (C=N–C) groups is 1. The monoisotopic (exact) mass is 126 g/mol. The molecule has 0 aromatic heterocycles. The molecule has 1 aliphatic rings. The van der Waals surface area contributed by atoms with Crippen LogP contribution in [0.25, 0.3) is 0 Å². The molecule has 0 fully saturated rings. The molecule has 0 saturated carbocycles. The van der Waals surface area contributed by atoms with Crippen LogP contribution < -0.4 is 5.43 Å². The van der Waals surface area contributed by atoms with Gasteiger partial charge in [-0.25, -0.2) is 5.01 Å². The van der Waals surface area contributed by atoms with Gasteiger partial charge in [-0.05, 0) is 0 Å². The van der Waals surface area contributed by atoms with E-state index in [2.05, 4.69) is 10.4 Å². The quantitative estimate of drug-likeness (QED) is 0.372. The molecule has 47 valence electrons. The van der Waals surface area contributed by atoms with E-state index in [-0.39, 0.29) is 0 Å². The van der Waals surface area contributed by atoms with Crippen LogP contribution in [-0.2, 0) is 9.59 Å². The molecule has 0 N–H and O–H groups in total. The maximum absolute atomic E-state index is 10.5. The zero-order chi connectivity index (χ0) is 6.85. The van der Waals surface area contributed by atoms with Gasteiger partial charge < -0.3 is 0 Å². The largest absolute Gasteiger partial charge is 0.338 e. The van der Waals surface area contributed by atoms with Crippen molar-refractivity contribution in [3.8, 4) is 0 Å². The Morgan fingerprint density at radius 3 is 2.67 bits per heavy atom. The number of carbonyl (C=O) groups is 2. The lowest BCUT2D eigenvalue weighted by Gasteiger charge is -2.12. The van der Waals surface area contributed by atoms with Gasteiger partial charge in [-0.3, -0.25) is 9.59 Å². The first-order valence-corrected chi connectivity index (χ1v) is 2.27. The van der Waals surface area contributed by atoms with E-state index >= 15 is 0 Å². The Kier molecular flexibility index (Phi) is 1.18. The third kappa shape index (κ3) is 0.883. The molecule has 0 aliphatic carbocycles. The van der Waals surface area contributed by atoms with Gasteiger partial charge >= 0.3 is 11.8 Å². The van der Waals surface area contributed by atoms with Crippen LogP contribution in [0.3, 0.4) is 0 Å². The van der Waals surface area contributed by atoms with Crippen LogP contribution in [0.1, 0.15) is 0 Å². The van der Waals surface area contributed by atoms with Crippen LogP contribution in [0.5, 0.6) is 0 Å². The molecule has 5 nitrogen and oxygen atoms in total. The number of likely N-dealkylation sites (N-methyl/N-ethyl adjacent to an activating group) is 1. The minimum Gasteiger partial charge on any atom is -0.261 e. The summed E-state index contributed by atoms with van der Waals surface area (Å²) in [7, 11) is 1.39. The Morgan fingerprint density at radius 2 is 2.22 bits per heavy atom. The minimum atomic E-state index is -0.771. The van der Waals surface area contributed by atoms with Crippen molar-refractivity contribution >= 4 is 18.2 Å². The molecule has 1 radical (unpaired) electrons. The summed E-state index contributed by atoms with van der Waals surface area (Å²) in [6, 6.07) is 0. The molecule has 0 aromatic rings. The molecule has 9 heavy (non-hydrogen) atoms. The number of amides is 2. The standard InChI is InChI=1S/C4H4N3O2/c1-7-4(9)3(8)5-2-6-7/h2H,1H3. The normalized spacial score (nSPS) is 18.1. The molecule has 1 aliphatic heterocycles. The second kappa shape index (κ2) is 1.85. The molecule has 2 amide bonds. The van der Waals surface area contributed by atoms with Crippen LogP contribution in [0.4, 0.5) is 0 Å². The van der Waals surface area contributed by atoms with Gasteiger partial charge in [0.25, 0.3) is 0 Å². The fourth-order valence-electron chi connectivity index (χ4n) is 0.402. The number of rotatable bonds is 0. The lowest BCUT2D eigenvalue weighted by molar-refractivity contribution is -0.145. The van der Waals surface area contributed by atoms with Crippen molar-refractivity contribution in [1.82, 2.24) is 10.4 Å². The molecule has 0 aromatic carbocycles. The van der Waals surface area contributed by atoms with E-state index in [4.69, 9.17) is 0 Å². The van der Waals surface area contributed by atoms with E-state index in [0.717, 1.165) is 11.3 Å². The second-order valence-electron chi connectivity index (χ2n) is 1.49. The number of hydrogen-bond acceptors (Lipinski definition) is 2. The molecular weight excluding hydrogens is 122 g/mol. The second-order valence-corrected chi connectivity index (χ2v) is 1.49. The predicted molar refractivity (Wildman–Crippen MR) is 28.4 cm³/mol. The van der Waals surface area contributed by atoms with Gasteiger partial charge in [0, 0.05) is 7.05 Å². The van der Waals surface area contributed by atoms with Gasteiger partial charge in [-0.15, -0.1) is 0 Å². The fourth-order valence-corrected chi connectivity index (χ4v) is 0.402. The van der Waals surface area contributed by atoms with Crippen molar-refractivity contribution in [3.05, 3.63) is 0 Å². The highest BCUT2D eigenvalue weighted by Gasteiger charge is 2.21. The SMILES string of the molecule is CN1[N]C=NC(=O)C1=O. The Hall–Kier alpha value is -1.39. The van der Waals surface area contributed by atoms with E-state index in [9.17, 15) is 9.59 Å². The topological polar surface area (TPSA) is 63.8 Å². The zero-order valence-electron chi connectivity index (χ0n) is 4.74. The average Bonchev–Trinajstić information content (AvgIpc) is 1.83. The highest BCUT2D eigenvalue weighted by molar-refractivity contribution is 6.37. The lowest BCUT2D eigenvalue weighted by atomic mass is 10.5. The lowest BCUT2D eigenvalue weighted by Crippen LogP contribution is -2.41. The summed E-state index contributed by atoms with van der Waals surface area (Å²) in [5.74, 6) is -1.47. The molecular formula is C4H4N3O2. The Labute approximate surface area is 51.3 Å². The van der Waals surface area contributed by atoms with Crippen LogP contribution in [0.2, 0.25) is 0 Å². The predicted octanol–water partition coefficient (Wildman–Crippen LogP) is -1.47. The van der Waals surface area contributed by atoms with Crippen LogP contribution in [0, 0.1) is 0 Å². The van der Waals surface area contributed by atoms with Gasteiger partial charge in [0.2, 0.25) is 0 Å². The summed E-state index contributed by atoms with van der Waals surface area (Å²) in [5.41, 5.74) is 3.43. The summed E-state index contributed by atoms with van der Waals surface area (Å²) < 4.78 is 0. The van der Waals surface area contributed by atoms with Gasteiger partial charge in [0.15, 0.2) is 0 Å². The van der Waals surface area contributed by atoms with Gasteiger partial charge in [-0.2, -0.15) is 10.4 Å². The van der Waals surface area contributed by atoms with Gasteiger partial charge in [0.05, 0.1) is 0 Å². The van der Waals surface area contributed by atoms with E-state index in [1.54, 1.807) is 0 Å². The third-order valence-electron chi connectivity index (χ3n) is 0.877. The van der Waals surface area contributed by atoms with Crippen molar-refractivity contribution in [2.75, 3.05) is 7.05 Å². The summed E-state index contributed by atoms with van der Waals surface area (Å²) >= 11 is 0. The molecule has 0 unspecified atom stereocenters. The molecule has 0 saturated heterocycles. The summed E-state index contributed by atoms with van der Waals surface area (Å²) in [5, 5.41) is 0.940. The molecule has 0 atom stereocenters. The van der Waals surface area contributed by atoms with E-state index in [1.165, 1.54) is 7.05 Å². The maximum atomic E-state index is 10.5. The van der Waals surface area contributed by atoms with Crippen molar-refractivity contribution in [2.45, 2.75) is 0 Å². The first kappa shape index (κ1) is 5.74. The van der Waals surface area contributed by atoms with Crippen LogP contribution in [-0.4, -0.2) is 30.2 Å². The molecule has 0 bridgehead atoms. The van der Waals surface area contributed by atoms with Gasteiger partial charge in [0.1, 0.15) is 6.34 Å². The first-order chi connectivity index (χ1) is 4.22. The zero-order valence-corrected chi connectivity index (χ0v) is 4.74. The summed E-state index contributed by atoms with van der Waals surface area (Å²) in [6.45, 7) is 0. The maximum Gasteiger partial charge on any atom is 0.338 e. The Morgan fingerprint density at radius 1 is 1.56 bits per heavy atom. The fraction of sp³-hybridized carbons (Fsp3) is 0.250. The van der Waals surface area contributed by atoms with E-state index < -0.39 is 11.8 Å². The molecule has 1 rings (SSSR count). The smallest absolute Gasteiger partial charge is 0.261 e. The van der Waals surface area contributed by atoms with Crippen molar-refractivity contribution in [1.29, 1.82) is 0 Å². The molecule has 0 spiro atoms. The number of hydrogen-bond donors (Lipinski definition) is 0. The summed E-state index contributed by atoms with van der Waals surface area (Å²) in [6.07, 6.45) is 1.05. The molecule has 5 heteroatoms. The Bertz CT molecular complexity index is 186. The van der Waals surface area contributed by atoms with E-state index in [0.29, 0.717) is 0 Å². The van der Waals surface area contributed by atoms with Crippen molar-refractivity contribution in [3.63, 3.8) is 0 Å². The highest BCUT2D eigenvalue weighted by atomic mass is 16.2. The van der Waals surface area contributed by atoms with Crippen LogP contribution >= 0.6 is 0 Å². The first-order valence-electron chi connectivity index (χ1n) is 2.27. The Balaban J connectivity index is 2.81. The van der Waals surface area contributed by atoms with E-state index in [1.807, 2.05) is 0 Å². The summed E-state index contributed by atoms with van der Waals surface area (Å²) in [4.78, 5) is 24.0. The minimum absolute atomic E-state index is 0.697. The van der Waals surface area contributed by atoms with Gasteiger partial charge in [-0.1, -0.05) is 0 Å². The van der Waals surface area contributed by atoms with Crippen molar-refractivity contribution < 1.29 is 9.59 Å². The third-order valence-corrected chi connectivity index (χ3v) is 0.877. The van der Waals surface area contributed by atoms with Crippen LogP contribution in [0.15, 0.2) is 4.99 Å². The highest BCUT2D eigenvalue weighted by Crippen LogP contribution is 1.88. The number of nitrogens with zero attached hydrogens (tertiary/aromatic N) is 3. The van der Waals surface area contributed by atoms with Crippen molar-refractivity contribution in [2.24, 2.45) is 4.99 Å².